The van der Waals surface area contributed by atoms with E-state index in [0.717, 1.165) is 30.8 Å². The molecule has 0 saturated carbocycles. The van der Waals surface area contributed by atoms with Crippen LogP contribution in [0.15, 0.2) is 59.1 Å². The summed E-state index contributed by atoms with van der Waals surface area (Å²) in [5.41, 5.74) is 2.90. The van der Waals surface area contributed by atoms with Gasteiger partial charge in [-0.05, 0) is 30.2 Å². The Balaban J connectivity index is 1.15. The topological polar surface area (TPSA) is 97.1 Å². The van der Waals surface area contributed by atoms with E-state index in [4.69, 9.17) is 14.0 Å². The zero-order valence-electron chi connectivity index (χ0n) is 19.3. The quantitative estimate of drug-likeness (QED) is 0.607. The summed E-state index contributed by atoms with van der Waals surface area (Å²) in [6.45, 7) is 1.61. The van der Waals surface area contributed by atoms with Gasteiger partial charge in [0.15, 0.2) is 5.69 Å². The Hall–Kier alpha value is -3.85. The van der Waals surface area contributed by atoms with Gasteiger partial charge in [0.1, 0.15) is 24.2 Å². The number of nitrogens with one attached hydrogen (secondary N) is 1. The van der Waals surface area contributed by atoms with Crippen LogP contribution in [0.1, 0.15) is 28.2 Å². The Morgan fingerprint density at radius 1 is 1.14 bits per heavy atom. The van der Waals surface area contributed by atoms with E-state index >= 15 is 0 Å². The first kappa shape index (κ1) is 21.7. The maximum atomic E-state index is 13.2. The summed E-state index contributed by atoms with van der Waals surface area (Å²) in [6.07, 6.45) is 1.84. The summed E-state index contributed by atoms with van der Waals surface area (Å²) in [7, 11) is 1.70. The lowest BCUT2D eigenvalue weighted by atomic mass is 10.1. The molecule has 2 aromatic carbocycles. The van der Waals surface area contributed by atoms with Crippen molar-refractivity contribution in [1.29, 1.82) is 0 Å². The monoisotopic (exact) mass is 474 g/mol. The number of morpholine rings is 1. The van der Waals surface area contributed by atoms with Gasteiger partial charge >= 0.3 is 0 Å². The number of likely N-dealkylation sites (N-methyl/N-ethyl adjacent to an activating group) is 1. The van der Waals surface area contributed by atoms with E-state index in [1.54, 1.807) is 18.0 Å². The molecule has 35 heavy (non-hydrogen) atoms. The third-order valence-electron chi connectivity index (χ3n) is 6.89. The number of carbonyl (C=O) groups is 2. The summed E-state index contributed by atoms with van der Waals surface area (Å²) in [5, 5.41) is 6.65. The molecule has 3 aromatic rings. The van der Waals surface area contributed by atoms with Crippen molar-refractivity contribution in [3.8, 4) is 5.75 Å². The van der Waals surface area contributed by atoms with Crippen LogP contribution < -0.4 is 19.9 Å². The van der Waals surface area contributed by atoms with Crippen LogP contribution in [0.25, 0.3) is 0 Å². The smallest absolute Gasteiger partial charge is 0.274 e. The Kier molecular flexibility index (Phi) is 5.41. The van der Waals surface area contributed by atoms with E-state index in [9.17, 15) is 9.59 Å². The largest absolute Gasteiger partial charge is 0.489 e. The Morgan fingerprint density at radius 3 is 2.77 bits per heavy atom. The lowest BCUT2D eigenvalue weighted by molar-refractivity contribution is -0.120. The van der Waals surface area contributed by atoms with E-state index in [0.29, 0.717) is 29.7 Å². The van der Waals surface area contributed by atoms with Crippen LogP contribution in [0.2, 0.25) is 0 Å². The van der Waals surface area contributed by atoms with Crippen molar-refractivity contribution in [2.45, 2.75) is 31.0 Å². The Labute approximate surface area is 202 Å². The molecule has 4 heterocycles. The lowest BCUT2D eigenvalue weighted by Crippen LogP contribution is -2.49. The van der Waals surface area contributed by atoms with Gasteiger partial charge in [-0.2, -0.15) is 0 Å². The van der Waals surface area contributed by atoms with Crippen molar-refractivity contribution < 1.29 is 23.6 Å². The third kappa shape index (κ3) is 4.12. The highest BCUT2D eigenvalue weighted by atomic mass is 16.5. The van der Waals surface area contributed by atoms with Crippen LogP contribution in [0, 0.1) is 0 Å². The summed E-state index contributed by atoms with van der Waals surface area (Å²) in [4.78, 5) is 29.9. The highest BCUT2D eigenvalue weighted by Crippen LogP contribution is 2.38. The molecule has 1 N–H and O–H groups in total. The summed E-state index contributed by atoms with van der Waals surface area (Å²) in [6, 6.07) is 16.8. The minimum Gasteiger partial charge on any atom is -0.489 e. The highest BCUT2D eigenvalue weighted by molar-refractivity contribution is 6.03. The average molecular weight is 475 g/mol. The van der Waals surface area contributed by atoms with Crippen molar-refractivity contribution >= 4 is 23.2 Å². The first-order chi connectivity index (χ1) is 17.0. The molecule has 3 aliphatic rings. The normalized spacial score (nSPS) is 23.1. The lowest BCUT2D eigenvalue weighted by Gasteiger charge is -2.30. The fourth-order valence-electron chi connectivity index (χ4n) is 5.02. The Morgan fingerprint density at radius 2 is 2.00 bits per heavy atom. The molecule has 2 bridgehead atoms. The predicted molar refractivity (Wildman–Crippen MR) is 128 cm³/mol. The Bertz CT molecular complexity index is 1260. The SMILES string of the molecule is CN1C(=O)[C@@H](NC(=O)c2cc(Cc3ccccc3)on2)COc2ccc(N3C[C@@H]4C[C@H]3CO4)cc21. The molecule has 9 nitrogen and oxygen atoms in total. The number of nitrogens with zero attached hydrogens (tertiary/aromatic N) is 3. The number of hydrogen-bond donors (Lipinski definition) is 1. The summed E-state index contributed by atoms with van der Waals surface area (Å²) in [5.74, 6) is 0.438. The van der Waals surface area contributed by atoms with Crippen molar-refractivity contribution in [3.63, 3.8) is 0 Å². The van der Waals surface area contributed by atoms with Crippen LogP contribution in [-0.4, -0.2) is 62.0 Å². The maximum absolute atomic E-state index is 13.2. The molecule has 9 heteroatoms. The summed E-state index contributed by atoms with van der Waals surface area (Å²) >= 11 is 0. The van der Waals surface area contributed by atoms with Crippen LogP contribution in [0.4, 0.5) is 11.4 Å². The number of amides is 2. The van der Waals surface area contributed by atoms with Gasteiger partial charge in [0.05, 0.1) is 24.4 Å². The van der Waals surface area contributed by atoms with E-state index < -0.39 is 11.9 Å². The minimum absolute atomic E-state index is 0.0260. The third-order valence-corrected chi connectivity index (χ3v) is 6.89. The van der Waals surface area contributed by atoms with Crippen LogP contribution in [0.3, 0.4) is 0 Å². The number of fused-ring (bicyclic) bond motifs is 3. The molecule has 0 unspecified atom stereocenters. The molecule has 2 saturated heterocycles. The molecular formula is C26H26N4O5. The molecule has 6 rings (SSSR count). The molecule has 0 spiro atoms. The van der Waals surface area contributed by atoms with Gasteiger partial charge in [-0.15, -0.1) is 0 Å². The molecule has 180 valence electrons. The fourth-order valence-corrected chi connectivity index (χ4v) is 5.02. The van der Waals surface area contributed by atoms with Crippen molar-refractivity contribution in [1.82, 2.24) is 10.5 Å². The zero-order valence-corrected chi connectivity index (χ0v) is 19.3. The second-order valence-electron chi connectivity index (χ2n) is 9.22. The van der Waals surface area contributed by atoms with E-state index in [1.807, 2.05) is 48.5 Å². The maximum Gasteiger partial charge on any atom is 0.274 e. The number of carbonyl (C=O) groups excluding carboxylic acids is 2. The fraction of sp³-hybridized carbons (Fsp3) is 0.346. The second kappa shape index (κ2) is 8.74. The molecule has 0 radical (unpaired) electrons. The van der Waals surface area contributed by atoms with E-state index in [-0.39, 0.29) is 24.3 Å². The first-order valence-electron chi connectivity index (χ1n) is 11.8. The van der Waals surface area contributed by atoms with Crippen LogP contribution in [-0.2, 0) is 16.0 Å². The molecule has 1 aromatic heterocycles. The zero-order chi connectivity index (χ0) is 23.9. The van der Waals surface area contributed by atoms with Crippen LogP contribution in [0.5, 0.6) is 5.75 Å². The van der Waals surface area contributed by atoms with E-state index in [1.165, 1.54) is 0 Å². The average Bonchev–Trinajstić information content (AvgIpc) is 3.62. The number of aromatic nitrogens is 1. The van der Waals surface area contributed by atoms with Gasteiger partial charge in [-0.1, -0.05) is 35.5 Å². The number of ether oxygens (including phenoxy) is 2. The molecule has 0 aliphatic carbocycles. The predicted octanol–water partition coefficient (Wildman–Crippen LogP) is 2.40. The van der Waals surface area contributed by atoms with Gasteiger partial charge < -0.3 is 29.1 Å². The number of anilines is 2. The molecule has 3 atom stereocenters. The second-order valence-corrected chi connectivity index (χ2v) is 9.22. The number of benzene rings is 2. The standard InChI is InChI=1S/C26H26N4O5/c1-29-23-11-17(30-13-20-10-18(30)14-33-20)7-8-24(23)34-15-22(26(29)32)27-25(31)21-12-19(35-28-21)9-16-5-3-2-4-6-16/h2-8,11-12,18,20,22H,9-10,13-15H2,1H3,(H,27,31)/t18-,20-,22-/m0/s1. The van der Waals surface area contributed by atoms with Crippen molar-refractivity contribution in [3.05, 3.63) is 71.6 Å². The molecule has 2 amide bonds. The molecule has 3 aliphatic heterocycles. The number of rotatable bonds is 5. The minimum atomic E-state index is -0.853. The van der Waals surface area contributed by atoms with Gasteiger partial charge in [-0.3, -0.25) is 9.59 Å². The van der Waals surface area contributed by atoms with Gasteiger partial charge in [0.25, 0.3) is 11.8 Å². The highest BCUT2D eigenvalue weighted by Gasteiger charge is 2.39. The van der Waals surface area contributed by atoms with Gasteiger partial charge in [-0.25, -0.2) is 0 Å². The van der Waals surface area contributed by atoms with Gasteiger partial charge in [0, 0.05) is 31.8 Å². The van der Waals surface area contributed by atoms with E-state index in [2.05, 4.69) is 15.4 Å². The number of hydrogen-bond acceptors (Lipinski definition) is 7. The van der Waals surface area contributed by atoms with Crippen LogP contribution >= 0.6 is 0 Å². The molecule has 2 fully saturated rings. The van der Waals surface area contributed by atoms with Gasteiger partial charge in [0.2, 0.25) is 0 Å². The summed E-state index contributed by atoms with van der Waals surface area (Å²) < 4.78 is 17.0. The van der Waals surface area contributed by atoms with Crippen molar-refractivity contribution in [2.75, 3.05) is 36.6 Å². The molecular weight excluding hydrogens is 448 g/mol. The first-order valence-corrected chi connectivity index (χ1v) is 11.8. The van der Waals surface area contributed by atoms with Crippen molar-refractivity contribution in [2.24, 2.45) is 0 Å².